The van der Waals surface area contributed by atoms with E-state index < -0.39 is 5.60 Å². The van der Waals surface area contributed by atoms with Crippen LogP contribution in [0.15, 0.2) is 29.3 Å². The molecule has 1 rings (SSSR count). The van der Waals surface area contributed by atoms with Crippen molar-refractivity contribution in [3.05, 3.63) is 35.4 Å². The fourth-order valence-corrected chi connectivity index (χ4v) is 2.07. The molecule has 21 heavy (non-hydrogen) atoms. The number of rotatable bonds is 7. The van der Waals surface area contributed by atoms with E-state index in [0.717, 1.165) is 25.3 Å². The average molecular weight is 291 g/mol. The Morgan fingerprint density at radius 1 is 1.19 bits per heavy atom. The summed E-state index contributed by atoms with van der Waals surface area (Å²) in [6.45, 7) is 10.1. The second-order valence-corrected chi connectivity index (χ2v) is 5.47. The Bertz CT molecular complexity index is 453. The molecule has 0 aliphatic rings. The van der Waals surface area contributed by atoms with Gasteiger partial charge >= 0.3 is 0 Å². The highest BCUT2D eigenvalue weighted by Gasteiger charge is 2.22. The first kappa shape index (κ1) is 17.5. The van der Waals surface area contributed by atoms with Crippen LogP contribution in [0.2, 0.25) is 0 Å². The van der Waals surface area contributed by atoms with Gasteiger partial charge in [0.15, 0.2) is 5.96 Å². The zero-order valence-corrected chi connectivity index (χ0v) is 13.7. The predicted octanol–water partition coefficient (Wildman–Crippen LogP) is 2.60. The summed E-state index contributed by atoms with van der Waals surface area (Å²) in [7, 11) is 0. The van der Waals surface area contributed by atoms with Crippen LogP contribution in [-0.2, 0) is 6.54 Å². The number of aliphatic imine (C=N–C) groups is 1. The molecule has 0 spiro atoms. The molecule has 0 amide bonds. The molecule has 0 unspecified atom stereocenters. The summed E-state index contributed by atoms with van der Waals surface area (Å²) in [4.78, 5) is 4.58. The molecule has 4 heteroatoms. The van der Waals surface area contributed by atoms with Crippen LogP contribution < -0.4 is 10.6 Å². The number of aryl methyl sites for hydroxylation is 1. The molecule has 0 radical (unpaired) electrons. The van der Waals surface area contributed by atoms with Gasteiger partial charge < -0.3 is 15.7 Å². The number of nitrogens with one attached hydrogen (secondary N) is 2. The normalized spacial score (nSPS) is 12.3. The first-order valence-electron chi connectivity index (χ1n) is 7.83. The maximum Gasteiger partial charge on any atom is 0.191 e. The number of hydrogen-bond acceptors (Lipinski definition) is 2. The maximum absolute atomic E-state index is 10.3. The molecule has 0 atom stereocenters. The summed E-state index contributed by atoms with van der Waals surface area (Å²) in [5.74, 6) is 0.749. The molecule has 0 aliphatic heterocycles. The Balaban J connectivity index is 2.65. The van der Waals surface area contributed by atoms with Gasteiger partial charge in [-0.2, -0.15) is 0 Å². The van der Waals surface area contributed by atoms with Crippen LogP contribution >= 0.6 is 0 Å². The van der Waals surface area contributed by atoms with Crippen molar-refractivity contribution in [3.63, 3.8) is 0 Å². The topological polar surface area (TPSA) is 56.7 Å². The third kappa shape index (κ3) is 6.17. The van der Waals surface area contributed by atoms with E-state index in [-0.39, 0.29) is 0 Å². The lowest BCUT2D eigenvalue weighted by Crippen LogP contribution is -2.46. The minimum Gasteiger partial charge on any atom is -0.388 e. The van der Waals surface area contributed by atoms with Crippen molar-refractivity contribution in [1.82, 2.24) is 10.6 Å². The van der Waals surface area contributed by atoms with Gasteiger partial charge in [-0.15, -0.1) is 0 Å². The van der Waals surface area contributed by atoms with Crippen LogP contribution in [0.4, 0.5) is 0 Å². The Kier molecular flexibility index (Phi) is 7.23. The van der Waals surface area contributed by atoms with Crippen LogP contribution in [0.5, 0.6) is 0 Å². The standard InChI is InChI=1S/C17H29N3O/c1-5-17(21,6-2)13-20-16(18-7-3)19-12-15-10-8-9-14(4)11-15/h8-11,21H,5-7,12-13H2,1-4H3,(H2,18,19,20). The van der Waals surface area contributed by atoms with E-state index in [1.54, 1.807) is 0 Å². The van der Waals surface area contributed by atoms with Gasteiger partial charge in [0.25, 0.3) is 0 Å². The molecule has 0 saturated carbocycles. The number of benzene rings is 1. The lowest BCUT2D eigenvalue weighted by molar-refractivity contribution is 0.0367. The fourth-order valence-electron chi connectivity index (χ4n) is 2.07. The van der Waals surface area contributed by atoms with Gasteiger partial charge in [-0.05, 0) is 32.3 Å². The molecule has 1 aromatic rings. The Morgan fingerprint density at radius 2 is 1.90 bits per heavy atom. The van der Waals surface area contributed by atoms with Gasteiger partial charge in [0, 0.05) is 13.1 Å². The van der Waals surface area contributed by atoms with E-state index in [4.69, 9.17) is 0 Å². The number of hydrogen-bond donors (Lipinski definition) is 3. The summed E-state index contributed by atoms with van der Waals surface area (Å²) in [5, 5.41) is 16.8. The van der Waals surface area contributed by atoms with Crippen LogP contribution in [0.1, 0.15) is 44.7 Å². The molecule has 118 valence electrons. The quantitative estimate of drug-likeness (QED) is 0.534. The lowest BCUT2D eigenvalue weighted by atomic mass is 9.98. The van der Waals surface area contributed by atoms with Crippen molar-refractivity contribution < 1.29 is 5.11 Å². The van der Waals surface area contributed by atoms with Crippen LogP contribution in [0.25, 0.3) is 0 Å². The zero-order valence-electron chi connectivity index (χ0n) is 13.7. The highest BCUT2D eigenvalue weighted by atomic mass is 16.3. The lowest BCUT2D eigenvalue weighted by Gasteiger charge is -2.26. The van der Waals surface area contributed by atoms with Crippen molar-refractivity contribution in [2.45, 2.75) is 52.7 Å². The number of guanidine groups is 1. The van der Waals surface area contributed by atoms with Crippen molar-refractivity contribution in [2.75, 3.05) is 13.1 Å². The molecule has 0 fully saturated rings. The van der Waals surface area contributed by atoms with Gasteiger partial charge in [0.05, 0.1) is 12.1 Å². The van der Waals surface area contributed by atoms with Crippen molar-refractivity contribution in [1.29, 1.82) is 0 Å². The van der Waals surface area contributed by atoms with Crippen molar-refractivity contribution in [2.24, 2.45) is 4.99 Å². The van der Waals surface area contributed by atoms with E-state index in [1.165, 1.54) is 11.1 Å². The first-order valence-corrected chi connectivity index (χ1v) is 7.83. The molecule has 0 aromatic heterocycles. The van der Waals surface area contributed by atoms with E-state index in [9.17, 15) is 5.11 Å². The first-order chi connectivity index (χ1) is 10.0. The van der Waals surface area contributed by atoms with Crippen molar-refractivity contribution in [3.8, 4) is 0 Å². The van der Waals surface area contributed by atoms with Gasteiger partial charge in [-0.1, -0.05) is 43.7 Å². The van der Waals surface area contributed by atoms with Crippen molar-refractivity contribution >= 4 is 5.96 Å². The summed E-state index contributed by atoms with van der Waals surface area (Å²) in [6, 6.07) is 8.35. The van der Waals surface area contributed by atoms with E-state index in [0.29, 0.717) is 13.1 Å². The second kappa shape index (κ2) is 8.67. The maximum atomic E-state index is 10.3. The molecule has 0 bridgehead atoms. The predicted molar refractivity (Wildman–Crippen MR) is 89.5 cm³/mol. The minimum absolute atomic E-state index is 0.514. The Hall–Kier alpha value is -1.55. The third-order valence-electron chi connectivity index (χ3n) is 3.75. The molecule has 0 heterocycles. The second-order valence-electron chi connectivity index (χ2n) is 5.47. The molecule has 3 N–H and O–H groups in total. The molecule has 0 aliphatic carbocycles. The molecule has 0 saturated heterocycles. The van der Waals surface area contributed by atoms with Crippen LogP contribution in [-0.4, -0.2) is 29.8 Å². The van der Waals surface area contributed by atoms with E-state index in [1.807, 2.05) is 26.8 Å². The van der Waals surface area contributed by atoms with Gasteiger partial charge in [-0.3, -0.25) is 0 Å². The van der Waals surface area contributed by atoms with Crippen LogP contribution in [0, 0.1) is 6.92 Å². The summed E-state index contributed by atoms with van der Waals surface area (Å²) in [6.07, 6.45) is 1.46. The van der Waals surface area contributed by atoms with Gasteiger partial charge in [0.1, 0.15) is 0 Å². The zero-order chi connectivity index (χ0) is 15.7. The minimum atomic E-state index is -0.667. The Labute approximate surface area is 128 Å². The highest BCUT2D eigenvalue weighted by molar-refractivity contribution is 5.79. The summed E-state index contributed by atoms with van der Waals surface area (Å²) >= 11 is 0. The van der Waals surface area contributed by atoms with E-state index >= 15 is 0 Å². The third-order valence-corrected chi connectivity index (χ3v) is 3.75. The smallest absolute Gasteiger partial charge is 0.191 e. The Morgan fingerprint density at radius 3 is 2.48 bits per heavy atom. The molecular weight excluding hydrogens is 262 g/mol. The van der Waals surface area contributed by atoms with Gasteiger partial charge in [-0.25, -0.2) is 4.99 Å². The highest BCUT2D eigenvalue weighted by Crippen LogP contribution is 2.12. The summed E-state index contributed by atoms with van der Waals surface area (Å²) < 4.78 is 0. The molecule has 1 aromatic carbocycles. The van der Waals surface area contributed by atoms with E-state index in [2.05, 4.69) is 40.7 Å². The summed E-state index contributed by atoms with van der Waals surface area (Å²) in [5.41, 5.74) is 1.76. The monoisotopic (exact) mass is 291 g/mol. The van der Waals surface area contributed by atoms with Crippen LogP contribution in [0.3, 0.4) is 0 Å². The average Bonchev–Trinajstić information content (AvgIpc) is 2.50. The SMILES string of the molecule is CCNC(=NCc1cccc(C)c1)NCC(O)(CC)CC. The molecule has 4 nitrogen and oxygen atoms in total. The number of aliphatic hydroxyl groups is 1. The number of nitrogens with zero attached hydrogens (tertiary/aromatic N) is 1. The largest absolute Gasteiger partial charge is 0.388 e. The van der Waals surface area contributed by atoms with Gasteiger partial charge in [0.2, 0.25) is 0 Å². The fraction of sp³-hybridized carbons (Fsp3) is 0.588. The molecular formula is C17H29N3O.